The summed E-state index contributed by atoms with van der Waals surface area (Å²) in [5, 5.41) is 11.8. The summed E-state index contributed by atoms with van der Waals surface area (Å²) in [5.74, 6) is -0.838. The van der Waals surface area contributed by atoms with E-state index in [1.807, 2.05) is 14.1 Å². The number of aliphatic carboxylic acids is 1. The Morgan fingerprint density at radius 1 is 1.60 bits per heavy atom. The van der Waals surface area contributed by atoms with Gasteiger partial charge in [-0.05, 0) is 26.9 Å². The van der Waals surface area contributed by atoms with Gasteiger partial charge in [-0.15, -0.1) is 0 Å². The average Bonchev–Trinajstić information content (AvgIpc) is 2.63. The van der Waals surface area contributed by atoms with Gasteiger partial charge in [0.05, 0.1) is 6.10 Å². The second kappa shape index (κ2) is 6.05. The Morgan fingerprint density at radius 3 is 2.87 bits per heavy atom. The third-order valence-electron chi connectivity index (χ3n) is 2.64. The molecule has 1 aliphatic rings. The second-order valence-electron chi connectivity index (χ2n) is 4.03. The first kappa shape index (κ1) is 12.4. The SMILES string of the molecule is CNCCN(C)CC1CCC(C(=O)O)O1. The maximum atomic E-state index is 10.7. The third-order valence-corrected chi connectivity index (χ3v) is 2.64. The van der Waals surface area contributed by atoms with Gasteiger partial charge in [0, 0.05) is 19.6 Å². The van der Waals surface area contributed by atoms with Crippen molar-refractivity contribution < 1.29 is 14.6 Å². The summed E-state index contributed by atoms with van der Waals surface area (Å²) in [6.07, 6.45) is 0.974. The van der Waals surface area contributed by atoms with E-state index < -0.39 is 12.1 Å². The van der Waals surface area contributed by atoms with Crippen LogP contribution in [0.15, 0.2) is 0 Å². The van der Waals surface area contributed by atoms with Gasteiger partial charge in [-0.3, -0.25) is 0 Å². The lowest BCUT2D eigenvalue weighted by molar-refractivity contribution is -0.149. The lowest BCUT2D eigenvalue weighted by Gasteiger charge is -2.20. The van der Waals surface area contributed by atoms with E-state index in [-0.39, 0.29) is 6.10 Å². The highest BCUT2D eigenvalue weighted by Crippen LogP contribution is 2.20. The van der Waals surface area contributed by atoms with E-state index in [0.29, 0.717) is 6.42 Å². The molecule has 2 N–H and O–H groups in total. The molecule has 1 fully saturated rings. The fourth-order valence-electron chi connectivity index (χ4n) is 1.76. The number of carboxylic acids is 1. The molecule has 0 spiro atoms. The number of ether oxygens (including phenoxy) is 1. The molecule has 2 atom stereocenters. The molecule has 0 amide bonds. The molecular formula is C10H20N2O3. The first-order valence-electron chi connectivity index (χ1n) is 5.35. The van der Waals surface area contributed by atoms with Crippen molar-refractivity contribution in [1.29, 1.82) is 0 Å². The van der Waals surface area contributed by atoms with Crippen LogP contribution in [0.25, 0.3) is 0 Å². The van der Waals surface area contributed by atoms with Crippen LogP contribution < -0.4 is 5.32 Å². The van der Waals surface area contributed by atoms with Gasteiger partial charge in [0.25, 0.3) is 0 Å². The highest BCUT2D eigenvalue weighted by Gasteiger charge is 2.30. The Hall–Kier alpha value is -0.650. The molecule has 0 saturated carbocycles. The van der Waals surface area contributed by atoms with E-state index in [2.05, 4.69) is 10.2 Å². The average molecular weight is 216 g/mol. The quantitative estimate of drug-likeness (QED) is 0.642. The Balaban J connectivity index is 2.20. The van der Waals surface area contributed by atoms with E-state index in [9.17, 15) is 4.79 Å². The summed E-state index contributed by atoms with van der Waals surface area (Å²) in [4.78, 5) is 12.8. The minimum absolute atomic E-state index is 0.0768. The molecule has 0 aliphatic carbocycles. The first-order valence-corrected chi connectivity index (χ1v) is 5.35. The van der Waals surface area contributed by atoms with Gasteiger partial charge in [-0.25, -0.2) is 4.79 Å². The van der Waals surface area contributed by atoms with E-state index in [1.54, 1.807) is 0 Å². The third kappa shape index (κ3) is 4.15. The number of nitrogens with one attached hydrogen (secondary N) is 1. The predicted octanol–water partition coefficient (Wildman–Crippen LogP) is -0.230. The van der Waals surface area contributed by atoms with E-state index in [1.165, 1.54) is 0 Å². The van der Waals surface area contributed by atoms with Crippen LogP contribution in [0, 0.1) is 0 Å². The van der Waals surface area contributed by atoms with Crippen molar-refractivity contribution >= 4 is 5.97 Å². The van der Waals surface area contributed by atoms with Gasteiger partial charge in [-0.2, -0.15) is 0 Å². The summed E-state index contributed by atoms with van der Waals surface area (Å²) in [6.45, 7) is 2.70. The minimum Gasteiger partial charge on any atom is -0.479 e. The van der Waals surface area contributed by atoms with Gasteiger partial charge in [-0.1, -0.05) is 0 Å². The zero-order valence-corrected chi connectivity index (χ0v) is 9.40. The lowest BCUT2D eigenvalue weighted by Crippen LogP contribution is -2.34. The largest absolute Gasteiger partial charge is 0.479 e. The van der Waals surface area contributed by atoms with Gasteiger partial charge < -0.3 is 20.1 Å². The molecule has 0 aromatic carbocycles. The Bertz CT molecular complexity index is 211. The van der Waals surface area contributed by atoms with Crippen LogP contribution in [0.1, 0.15) is 12.8 Å². The van der Waals surface area contributed by atoms with Crippen molar-refractivity contribution in [2.75, 3.05) is 33.7 Å². The zero-order valence-electron chi connectivity index (χ0n) is 9.40. The van der Waals surface area contributed by atoms with Crippen molar-refractivity contribution in [3.05, 3.63) is 0 Å². The molecule has 0 aromatic heterocycles. The smallest absolute Gasteiger partial charge is 0.332 e. The molecule has 0 radical (unpaired) electrons. The number of hydrogen-bond donors (Lipinski definition) is 2. The Kier molecular flexibility index (Phi) is 5.01. The highest BCUT2D eigenvalue weighted by molar-refractivity contribution is 5.72. The molecule has 0 bridgehead atoms. The number of rotatable bonds is 6. The van der Waals surface area contributed by atoms with Gasteiger partial charge in [0.1, 0.15) is 0 Å². The monoisotopic (exact) mass is 216 g/mol. The summed E-state index contributed by atoms with van der Waals surface area (Å²) >= 11 is 0. The van der Waals surface area contributed by atoms with Gasteiger partial charge in [0.2, 0.25) is 0 Å². The van der Waals surface area contributed by atoms with Crippen LogP contribution in [-0.4, -0.2) is 61.9 Å². The lowest BCUT2D eigenvalue weighted by atomic mass is 10.2. The zero-order chi connectivity index (χ0) is 11.3. The topological polar surface area (TPSA) is 61.8 Å². The summed E-state index contributed by atoms with van der Waals surface area (Å²) < 4.78 is 5.41. The molecule has 1 saturated heterocycles. The minimum atomic E-state index is -0.838. The normalized spacial score (nSPS) is 26.1. The number of carbonyl (C=O) groups is 1. The highest BCUT2D eigenvalue weighted by atomic mass is 16.5. The van der Waals surface area contributed by atoms with Crippen molar-refractivity contribution in [3.63, 3.8) is 0 Å². The summed E-state index contributed by atoms with van der Waals surface area (Å²) in [5.41, 5.74) is 0. The Morgan fingerprint density at radius 2 is 2.33 bits per heavy atom. The molecule has 1 rings (SSSR count). The maximum Gasteiger partial charge on any atom is 0.332 e. The van der Waals surface area contributed by atoms with Crippen molar-refractivity contribution in [2.45, 2.75) is 25.0 Å². The maximum absolute atomic E-state index is 10.7. The molecule has 1 aliphatic heterocycles. The fourth-order valence-corrected chi connectivity index (χ4v) is 1.76. The second-order valence-corrected chi connectivity index (χ2v) is 4.03. The van der Waals surface area contributed by atoms with Crippen molar-refractivity contribution in [3.8, 4) is 0 Å². The molecule has 0 aromatic rings. The van der Waals surface area contributed by atoms with Gasteiger partial charge in [0.15, 0.2) is 6.10 Å². The number of nitrogens with zero attached hydrogens (tertiary/aromatic N) is 1. The van der Waals surface area contributed by atoms with Crippen LogP contribution >= 0.6 is 0 Å². The molecule has 88 valence electrons. The molecule has 5 heteroatoms. The van der Waals surface area contributed by atoms with Crippen molar-refractivity contribution in [1.82, 2.24) is 10.2 Å². The summed E-state index contributed by atoms with van der Waals surface area (Å²) in [6, 6.07) is 0. The molecule has 2 unspecified atom stereocenters. The molecule has 1 heterocycles. The van der Waals surface area contributed by atoms with E-state index in [4.69, 9.17) is 9.84 Å². The predicted molar refractivity (Wildman–Crippen MR) is 57.0 cm³/mol. The van der Waals surface area contributed by atoms with Crippen LogP contribution in [-0.2, 0) is 9.53 Å². The fraction of sp³-hybridized carbons (Fsp3) is 0.900. The molecule has 5 nitrogen and oxygen atoms in total. The molecule has 15 heavy (non-hydrogen) atoms. The standard InChI is InChI=1S/C10H20N2O3/c1-11-5-6-12(2)7-8-3-4-9(15-8)10(13)14/h8-9,11H,3-7H2,1-2H3,(H,13,14). The number of hydrogen-bond acceptors (Lipinski definition) is 4. The Labute approximate surface area is 90.4 Å². The van der Waals surface area contributed by atoms with Crippen LogP contribution in [0.5, 0.6) is 0 Å². The van der Waals surface area contributed by atoms with Gasteiger partial charge >= 0.3 is 5.97 Å². The van der Waals surface area contributed by atoms with E-state index in [0.717, 1.165) is 26.1 Å². The summed E-state index contributed by atoms with van der Waals surface area (Å²) in [7, 11) is 3.94. The first-order chi connectivity index (χ1) is 7.13. The van der Waals surface area contributed by atoms with Crippen molar-refractivity contribution in [2.24, 2.45) is 0 Å². The van der Waals surface area contributed by atoms with Crippen LogP contribution in [0.4, 0.5) is 0 Å². The number of carboxylic acid groups (broad SMARTS) is 1. The molecular weight excluding hydrogens is 196 g/mol. The number of likely N-dealkylation sites (N-methyl/N-ethyl adjacent to an activating group) is 2. The van der Waals surface area contributed by atoms with E-state index >= 15 is 0 Å². The van der Waals surface area contributed by atoms with Crippen LogP contribution in [0.2, 0.25) is 0 Å². The van der Waals surface area contributed by atoms with Crippen LogP contribution in [0.3, 0.4) is 0 Å².